The molecule has 1 saturated heterocycles. The van der Waals surface area contributed by atoms with E-state index in [2.05, 4.69) is 6.08 Å². The monoisotopic (exact) mass is 436 g/mol. The number of carboxylic acids is 1. The van der Waals surface area contributed by atoms with Gasteiger partial charge in [0.25, 0.3) is 0 Å². The van der Waals surface area contributed by atoms with Gasteiger partial charge in [-0.25, -0.2) is 4.79 Å². The fourth-order valence-corrected chi connectivity index (χ4v) is 3.69. The average Bonchev–Trinajstić information content (AvgIpc) is 2.92. The highest BCUT2D eigenvalue weighted by Crippen LogP contribution is 2.41. The van der Waals surface area contributed by atoms with Gasteiger partial charge in [0, 0.05) is 12.0 Å². The number of phenolic OH excluding ortho intramolecular Hbond substituents is 1. The van der Waals surface area contributed by atoms with Gasteiger partial charge < -0.3 is 20.1 Å². The predicted molar refractivity (Wildman–Crippen MR) is 116 cm³/mol. The highest BCUT2D eigenvalue weighted by atomic mass is 35.5. The van der Waals surface area contributed by atoms with E-state index in [1.807, 2.05) is 19.9 Å². The van der Waals surface area contributed by atoms with Crippen molar-refractivity contribution in [3.63, 3.8) is 0 Å². The summed E-state index contributed by atoms with van der Waals surface area (Å²) in [6.07, 6.45) is 5.72. The Morgan fingerprint density at radius 3 is 2.40 bits per heavy atom. The predicted octanol–water partition coefficient (Wildman–Crippen LogP) is 5.11. The molecule has 6 nitrogen and oxygen atoms in total. The van der Waals surface area contributed by atoms with E-state index in [0.717, 1.165) is 24.0 Å². The Balaban J connectivity index is 2.06. The molecule has 0 amide bonds. The van der Waals surface area contributed by atoms with Crippen LogP contribution in [0.25, 0.3) is 0 Å². The normalized spacial score (nSPS) is 19.4. The zero-order chi connectivity index (χ0) is 22.8. The molecule has 7 heteroatoms. The molecule has 30 heavy (non-hydrogen) atoms. The van der Waals surface area contributed by atoms with Crippen molar-refractivity contribution in [2.45, 2.75) is 72.0 Å². The number of benzene rings is 1. The van der Waals surface area contributed by atoms with E-state index < -0.39 is 17.3 Å². The van der Waals surface area contributed by atoms with Crippen molar-refractivity contribution in [3.8, 4) is 11.5 Å². The van der Waals surface area contributed by atoms with Crippen LogP contribution in [-0.2, 0) is 16.0 Å². The minimum Gasteiger partial charge on any atom is -0.507 e. The minimum atomic E-state index is -1.30. The van der Waals surface area contributed by atoms with Crippen LogP contribution in [0.1, 0.15) is 68.4 Å². The number of carbonyl (C=O) groups excluding carboxylic acids is 1. The van der Waals surface area contributed by atoms with Crippen LogP contribution in [0.2, 0.25) is 5.02 Å². The van der Waals surface area contributed by atoms with E-state index in [4.69, 9.17) is 16.3 Å². The summed E-state index contributed by atoms with van der Waals surface area (Å²) in [5.41, 5.74) is 1.22. The molecule has 0 saturated carbocycles. The van der Waals surface area contributed by atoms with E-state index >= 15 is 0 Å². The number of aromatic carboxylic acids is 1. The standard InChI is InChI=1S/C23H29ClO6/c1-12(7-6-8-13(2)16-11-17(25)23(4,5)30-16)9-10-15-20(26)18(22(28)29)14(3)19(24)21(15)27/h8-9,16,26-27H,6-7,10-11H2,1-5H3,(H,28,29)/b12-9+,13-8+. The maximum atomic E-state index is 11.9. The van der Waals surface area contributed by atoms with Gasteiger partial charge in [-0.1, -0.05) is 29.3 Å². The Morgan fingerprint density at radius 2 is 1.87 bits per heavy atom. The molecule has 0 radical (unpaired) electrons. The van der Waals surface area contributed by atoms with Crippen molar-refractivity contribution in [1.82, 2.24) is 0 Å². The number of rotatable bonds is 7. The van der Waals surface area contributed by atoms with Gasteiger partial charge >= 0.3 is 5.97 Å². The molecule has 1 aromatic carbocycles. The maximum Gasteiger partial charge on any atom is 0.339 e. The Labute approximate surface area is 181 Å². The summed E-state index contributed by atoms with van der Waals surface area (Å²) in [6.45, 7) is 8.88. The van der Waals surface area contributed by atoms with Crippen molar-refractivity contribution in [2.75, 3.05) is 0 Å². The lowest BCUT2D eigenvalue weighted by Gasteiger charge is -2.18. The number of hydrogen-bond acceptors (Lipinski definition) is 5. The molecule has 1 atom stereocenters. The molecule has 1 aromatic rings. The van der Waals surface area contributed by atoms with Crippen molar-refractivity contribution >= 4 is 23.4 Å². The number of ether oxygens (including phenoxy) is 1. The van der Waals surface area contributed by atoms with Crippen LogP contribution in [0.5, 0.6) is 11.5 Å². The van der Waals surface area contributed by atoms with Crippen LogP contribution in [0.4, 0.5) is 0 Å². The van der Waals surface area contributed by atoms with E-state index in [9.17, 15) is 24.9 Å². The summed E-state index contributed by atoms with van der Waals surface area (Å²) < 4.78 is 5.81. The van der Waals surface area contributed by atoms with Crippen molar-refractivity contribution < 1.29 is 29.6 Å². The first-order chi connectivity index (χ1) is 13.9. The molecule has 0 aromatic heterocycles. The molecule has 1 fully saturated rings. The van der Waals surface area contributed by atoms with Crippen LogP contribution in [0.3, 0.4) is 0 Å². The molecule has 3 N–H and O–H groups in total. The molecular formula is C23H29ClO6. The smallest absolute Gasteiger partial charge is 0.339 e. The number of hydrogen-bond donors (Lipinski definition) is 3. The van der Waals surface area contributed by atoms with Crippen LogP contribution in [-0.4, -0.2) is 38.8 Å². The topological polar surface area (TPSA) is 104 Å². The number of carboxylic acid groups (broad SMARTS) is 1. The number of carbonyl (C=O) groups is 2. The second-order valence-corrected chi connectivity index (χ2v) is 8.66. The Kier molecular flexibility index (Phi) is 7.37. The molecule has 0 aliphatic carbocycles. The summed E-state index contributed by atoms with van der Waals surface area (Å²) in [7, 11) is 0. The van der Waals surface area contributed by atoms with Crippen LogP contribution in [0, 0.1) is 6.92 Å². The molecule has 2 rings (SSSR count). The highest BCUT2D eigenvalue weighted by molar-refractivity contribution is 6.33. The molecule has 164 valence electrons. The van der Waals surface area contributed by atoms with Gasteiger partial charge in [-0.2, -0.15) is 0 Å². The molecular weight excluding hydrogens is 408 g/mol. The van der Waals surface area contributed by atoms with Gasteiger partial charge in [0.2, 0.25) is 0 Å². The molecule has 0 bridgehead atoms. The number of halogens is 1. The fraction of sp³-hybridized carbons (Fsp3) is 0.478. The van der Waals surface area contributed by atoms with Gasteiger partial charge in [-0.05, 0) is 65.0 Å². The molecule has 1 unspecified atom stereocenters. The number of allylic oxidation sites excluding steroid dienone is 3. The largest absolute Gasteiger partial charge is 0.507 e. The molecule has 1 heterocycles. The quantitative estimate of drug-likeness (QED) is 0.513. The van der Waals surface area contributed by atoms with E-state index in [0.29, 0.717) is 6.42 Å². The first-order valence-electron chi connectivity index (χ1n) is 9.86. The zero-order valence-electron chi connectivity index (χ0n) is 18.0. The number of aromatic hydroxyl groups is 2. The number of phenols is 2. The summed E-state index contributed by atoms with van der Waals surface area (Å²) in [4.78, 5) is 23.3. The lowest BCUT2D eigenvalue weighted by atomic mass is 9.98. The van der Waals surface area contributed by atoms with Crippen molar-refractivity contribution in [3.05, 3.63) is 45.0 Å². The van der Waals surface area contributed by atoms with Crippen LogP contribution < -0.4 is 0 Å². The second kappa shape index (κ2) is 9.23. The van der Waals surface area contributed by atoms with Gasteiger partial charge in [0.05, 0.1) is 11.1 Å². The maximum absolute atomic E-state index is 11.9. The third-order valence-electron chi connectivity index (χ3n) is 5.58. The molecule has 1 aliphatic heterocycles. The SMILES string of the molecule is C/C(=C\Cc1c(O)c(Cl)c(C)c(C(=O)O)c1O)CC/C=C(\C)C1CC(=O)C(C)(C)O1. The van der Waals surface area contributed by atoms with Crippen molar-refractivity contribution in [2.24, 2.45) is 0 Å². The first-order valence-corrected chi connectivity index (χ1v) is 10.2. The van der Waals surface area contributed by atoms with Gasteiger partial charge in [-0.3, -0.25) is 4.79 Å². The lowest BCUT2D eigenvalue weighted by molar-refractivity contribution is -0.129. The number of Topliss-reactive ketones (excluding diaryl/α,β-unsaturated/α-hetero) is 1. The van der Waals surface area contributed by atoms with Crippen LogP contribution in [0.15, 0.2) is 23.3 Å². The molecule has 1 aliphatic rings. The van der Waals surface area contributed by atoms with E-state index in [1.54, 1.807) is 13.8 Å². The summed E-state index contributed by atoms with van der Waals surface area (Å²) in [5.74, 6) is -1.96. The van der Waals surface area contributed by atoms with Gasteiger partial charge in [0.1, 0.15) is 22.7 Å². The van der Waals surface area contributed by atoms with Crippen molar-refractivity contribution in [1.29, 1.82) is 0 Å². The summed E-state index contributed by atoms with van der Waals surface area (Å²) >= 11 is 6.04. The Morgan fingerprint density at radius 1 is 1.23 bits per heavy atom. The first kappa shape index (κ1) is 24.0. The van der Waals surface area contributed by atoms with Crippen LogP contribution >= 0.6 is 11.6 Å². The minimum absolute atomic E-state index is 0.0705. The summed E-state index contributed by atoms with van der Waals surface area (Å²) in [6, 6.07) is 0. The molecule has 0 spiro atoms. The van der Waals surface area contributed by atoms with Gasteiger partial charge in [-0.15, -0.1) is 0 Å². The third-order valence-corrected chi connectivity index (χ3v) is 6.04. The van der Waals surface area contributed by atoms with Gasteiger partial charge in [0.15, 0.2) is 5.78 Å². The average molecular weight is 437 g/mol. The van der Waals surface area contributed by atoms with E-state index in [1.165, 1.54) is 6.92 Å². The Bertz CT molecular complexity index is 926. The zero-order valence-corrected chi connectivity index (χ0v) is 18.8. The Hall–Kier alpha value is -2.31. The highest BCUT2D eigenvalue weighted by Gasteiger charge is 2.40. The fourth-order valence-electron chi connectivity index (χ4n) is 3.48. The summed E-state index contributed by atoms with van der Waals surface area (Å²) in [5, 5.41) is 29.8. The lowest BCUT2D eigenvalue weighted by Crippen LogP contribution is -2.27. The second-order valence-electron chi connectivity index (χ2n) is 8.28. The van der Waals surface area contributed by atoms with E-state index in [-0.39, 0.29) is 45.8 Å². The number of ketones is 1. The third kappa shape index (κ3) is 5.05.